The molecule has 0 heterocycles. The number of methoxy groups -OCH3 is 2. The molecular weight excluding hydrogens is 274 g/mol. The van der Waals surface area contributed by atoms with Crippen molar-refractivity contribution < 1.29 is 24.2 Å². The number of rotatable bonds is 11. The number of aliphatic carboxylic acids is 1. The highest BCUT2D eigenvalue weighted by Gasteiger charge is 2.39. The fourth-order valence-corrected chi connectivity index (χ4v) is 1.92. The molecule has 21 heavy (non-hydrogen) atoms. The molecule has 0 aromatic heterocycles. The Morgan fingerprint density at radius 2 is 1.71 bits per heavy atom. The Bertz CT molecular complexity index is 332. The highest BCUT2D eigenvalue weighted by molar-refractivity contribution is 5.85. The SMILES string of the molecule is COCCCN(CCOC)C(=O)CC(C)(C(=O)O)C(C)C. The second kappa shape index (κ2) is 9.73. The molecule has 6 heteroatoms. The molecule has 0 aromatic carbocycles. The van der Waals surface area contributed by atoms with Crippen LogP contribution in [0.1, 0.15) is 33.6 Å². The average molecular weight is 303 g/mol. The first kappa shape index (κ1) is 19.9. The van der Waals surface area contributed by atoms with Gasteiger partial charge in [0.1, 0.15) is 0 Å². The molecule has 124 valence electrons. The van der Waals surface area contributed by atoms with Gasteiger partial charge in [-0.15, -0.1) is 0 Å². The highest BCUT2D eigenvalue weighted by Crippen LogP contribution is 2.32. The minimum atomic E-state index is -1.05. The van der Waals surface area contributed by atoms with E-state index < -0.39 is 11.4 Å². The Hall–Kier alpha value is -1.14. The molecule has 6 nitrogen and oxygen atoms in total. The number of hydrogen-bond donors (Lipinski definition) is 1. The molecule has 0 aromatic rings. The van der Waals surface area contributed by atoms with E-state index in [9.17, 15) is 14.7 Å². The molecule has 0 aliphatic carbocycles. The van der Waals surface area contributed by atoms with Crippen molar-refractivity contribution in [3.63, 3.8) is 0 Å². The third kappa shape index (κ3) is 6.44. The van der Waals surface area contributed by atoms with E-state index in [0.717, 1.165) is 6.42 Å². The van der Waals surface area contributed by atoms with Gasteiger partial charge in [0.25, 0.3) is 0 Å². The molecular formula is C15H29NO5. The predicted molar refractivity (Wildman–Crippen MR) is 80.1 cm³/mol. The van der Waals surface area contributed by atoms with Crippen LogP contribution in [0.25, 0.3) is 0 Å². The van der Waals surface area contributed by atoms with E-state index in [0.29, 0.717) is 26.3 Å². The van der Waals surface area contributed by atoms with Gasteiger partial charge < -0.3 is 19.5 Å². The number of hydrogen-bond acceptors (Lipinski definition) is 4. The zero-order valence-electron chi connectivity index (χ0n) is 13.8. The first-order valence-electron chi connectivity index (χ1n) is 7.28. The lowest BCUT2D eigenvalue weighted by molar-refractivity contribution is -0.155. The van der Waals surface area contributed by atoms with Crippen molar-refractivity contribution in [3.8, 4) is 0 Å². The molecule has 0 saturated carbocycles. The van der Waals surface area contributed by atoms with Crippen LogP contribution in [0.5, 0.6) is 0 Å². The fourth-order valence-electron chi connectivity index (χ4n) is 1.92. The van der Waals surface area contributed by atoms with Crippen LogP contribution in [0.2, 0.25) is 0 Å². The van der Waals surface area contributed by atoms with Gasteiger partial charge in [-0.05, 0) is 19.3 Å². The van der Waals surface area contributed by atoms with Crippen molar-refractivity contribution in [1.29, 1.82) is 0 Å². The van der Waals surface area contributed by atoms with Crippen molar-refractivity contribution in [3.05, 3.63) is 0 Å². The number of carbonyl (C=O) groups is 2. The van der Waals surface area contributed by atoms with Crippen molar-refractivity contribution in [2.75, 3.05) is 40.5 Å². The molecule has 0 aliphatic rings. The van der Waals surface area contributed by atoms with Gasteiger partial charge in [0, 0.05) is 40.3 Å². The van der Waals surface area contributed by atoms with Crippen LogP contribution in [-0.4, -0.2) is 62.4 Å². The van der Waals surface area contributed by atoms with Gasteiger partial charge in [-0.1, -0.05) is 13.8 Å². The summed E-state index contributed by atoms with van der Waals surface area (Å²) in [5.74, 6) is -1.21. The van der Waals surface area contributed by atoms with Gasteiger partial charge in [-0.2, -0.15) is 0 Å². The summed E-state index contributed by atoms with van der Waals surface area (Å²) < 4.78 is 10.0. The molecule has 1 atom stereocenters. The molecule has 0 fully saturated rings. The van der Waals surface area contributed by atoms with E-state index >= 15 is 0 Å². The standard InChI is InChI=1S/C15H29NO5/c1-12(2)15(3,14(18)19)11-13(17)16(8-10-21-5)7-6-9-20-4/h12H,6-11H2,1-5H3,(H,18,19). The summed E-state index contributed by atoms with van der Waals surface area (Å²) in [6.07, 6.45) is 0.716. The van der Waals surface area contributed by atoms with Crippen LogP contribution < -0.4 is 0 Å². The van der Waals surface area contributed by atoms with Crippen LogP contribution >= 0.6 is 0 Å². The number of ether oxygens (including phenoxy) is 2. The quantitative estimate of drug-likeness (QED) is 0.587. The van der Waals surface area contributed by atoms with Crippen molar-refractivity contribution in [2.24, 2.45) is 11.3 Å². The summed E-state index contributed by atoms with van der Waals surface area (Å²) in [6.45, 7) is 7.29. The summed E-state index contributed by atoms with van der Waals surface area (Å²) >= 11 is 0. The zero-order valence-corrected chi connectivity index (χ0v) is 13.8. The van der Waals surface area contributed by atoms with Gasteiger partial charge in [0.05, 0.1) is 12.0 Å². The lowest BCUT2D eigenvalue weighted by Crippen LogP contribution is -2.42. The smallest absolute Gasteiger partial charge is 0.310 e. The van der Waals surface area contributed by atoms with Gasteiger partial charge in [-0.3, -0.25) is 9.59 Å². The molecule has 0 radical (unpaired) electrons. The van der Waals surface area contributed by atoms with Gasteiger partial charge >= 0.3 is 5.97 Å². The van der Waals surface area contributed by atoms with Crippen LogP contribution in [-0.2, 0) is 19.1 Å². The second-order valence-corrected chi connectivity index (χ2v) is 5.77. The lowest BCUT2D eigenvalue weighted by atomic mass is 9.76. The molecule has 0 aliphatic heterocycles. The summed E-state index contributed by atoms with van der Waals surface area (Å²) in [4.78, 5) is 25.6. The first-order valence-corrected chi connectivity index (χ1v) is 7.28. The Morgan fingerprint density at radius 1 is 1.14 bits per heavy atom. The molecule has 1 amide bonds. The fraction of sp³-hybridized carbons (Fsp3) is 0.867. The Balaban J connectivity index is 4.80. The summed E-state index contributed by atoms with van der Waals surface area (Å²) in [5.41, 5.74) is -1.05. The van der Waals surface area contributed by atoms with Gasteiger partial charge in [0.2, 0.25) is 5.91 Å². The van der Waals surface area contributed by atoms with Crippen molar-refractivity contribution in [1.82, 2.24) is 4.90 Å². The monoisotopic (exact) mass is 303 g/mol. The highest BCUT2D eigenvalue weighted by atomic mass is 16.5. The Kier molecular flexibility index (Phi) is 9.21. The molecule has 1 N–H and O–H groups in total. The minimum absolute atomic E-state index is 0.00328. The topological polar surface area (TPSA) is 76.1 Å². The number of carbonyl (C=O) groups excluding carboxylic acids is 1. The molecule has 1 unspecified atom stereocenters. The minimum Gasteiger partial charge on any atom is -0.481 e. The lowest BCUT2D eigenvalue weighted by Gasteiger charge is -2.31. The van der Waals surface area contributed by atoms with Crippen LogP contribution in [0.4, 0.5) is 0 Å². The number of carboxylic acid groups (broad SMARTS) is 1. The second-order valence-electron chi connectivity index (χ2n) is 5.77. The molecule has 0 rings (SSSR count). The zero-order chi connectivity index (χ0) is 16.5. The number of nitrogens with zero attached hydrogens (tertiary/aromatic N) is 1. The van der Waals surface area contributed by atoms with E-state index in [2.05, 4.69) is 0 Å². The van der Waals surface area contributed by atoms with E-state index in [-0.39, 0.29) is 18.2 Å². The van der Waals surface area contributed by atoms with E-state index in [1.165, 1.54) is 0 Å². The summed E-state index contributed by atoms with van der Waals surface area (Å²) in [7, 11) is 3.19. The maximum Gasteiger partial charge on any atom is 0.310 e. The van der Waals surface area contributed by atoms with Crippen LogP contribution in [0.15, 0.2) is 0 Å². The van der Waals surface area contributed by atoms with E-state index in [1.54, 1.807) is 26.0 Å². The maximum absolute atomic E-state index is 12.4. The third-order valence-electron chi connectivity index (χ3n) is 3.98. The maximum atomic E-state index is 12.4. The van der Waals surface area contributed by atoms with Gasteiger partial charge in [-0.25, -0.2) is 0 Å². The predicted octanol–water partition coefficient (Wildman–Crippen LogP) is 1.63. The van der Waals surface area contributed by atoms with E-state index in [1.807, 2.05) is 13.8 Å². The van der Waals surface area contributed by atoms with E-state index in [4.69, 9.17) is 9.47 Å². The van der Waals surface area contributed by atoms with Gasteiger partial charge in [0.15, 0.2) is 0 Å². The first-order chi connectivity index (χ1) is 9.79. The average Bonchev–Trinajstić information content (AvgIpc) is 2.41. The summed E-state index contributed by atoms with van der Waals surface area (Å²) in [5, 5.41) is 9.41. The number of amides is 1. The Labute approximate surface area is 127 Å². The summed E-state index contributed by atoms with van der Waals surface area (Å²) in [6, 6.07) is 0. The third-order valence-corrected chi connectivity index (χ3v) is 3.98. The molecule has 0 spiro atoms. The Morgan fingerprint density at radius 3 is 2.14 bits per heavy atom. The normalized spacial score (nSPS) is 14.0. The van der Waals surface area contributed by atoms with Crippen LogP contribution in [0, 0.1) is 11.3 Å². The number of carboxylic acids is 1. The van der Waals surface area contributed by atoms with Crippen molar-refractivity contribution in [2.45, 2.75) is 33.6 Å². The molecule has 0 bridgehead atoms. The molecule has 0 saturated heterocycles. The van der Waals surface area contributed by atoms with Crippen molar-refractivity contribution >= 4 is 11.9 Å². The van der Waals surface area contributed by atoms with Crippen LogP contribution in [0.3, 0.4) is 0 Å². The largest absolute Gasteiger partial charge is 0.481 e.